The molecule has 0 amide bonds. The Bertz CT molecular complexity index is 572. The highest BCUT2D eigenvalue weighted by Crippen LogP contribution is 2.29. The van der Waals surface area contributed by atoms with E-state index >= 15 is 0 Å². The van der Waals surface area contributed by atoms with Crippen molar-refractivity contribution in [2.75, 3.05) is 6.26 Å². The largest absolute Gasteiger partial charge is 0.238 e. The SMILES string of the molecule is CSc1cc(CC(C)(C)C)c2cccc(F)c2n1. The Balaban J connectivity index is 2.66. The molecule has 1 nitrogen and oxygen atoms in total. The molecule has 1 heterocycles. The number of aromatic nitrogens is 1. The van der Waals surface area contributed by atoms with E-state index in [9.17, 15) is 4.39 Å². The van der Waals surface area contributed by atoms with Crippen molar-refractivity contribution < 1.29 is 4.39 Å². The number of hydrogen-bond donors (Lipinski definition) is 0. The van der Waals surface area contributed by atoms with Crippen molar-refractivity contribution in [3.63, 3.8) is 0 Å². The van der Waals surface area contributed by atoms with E-state index in [-0.39, 0.29) is 11.2 Å². The number of benzene rings is 1. The smallest absolute Gasteiger partial charge is 0.149 e. The van der Waals surface area contributed by atoms with Gasteiger partial charge in [0.05, 0.1) is 5.03 Å². The zero-order valence-corrected chi connectivity index (χ0v) is 12.1. The lowest BCUT2D eigenvalue weighted by molar-refractivity contribution is 0.412. The van der Waals surface area contributed by atoms with Crippen molar-refractivity contribution >= 4 is 22.7 Å². The third-order valence-corrected chi connectivity index (χ3v) is 3.41. The summed E-state index contributed by atoms with van der Waals surface area (Å²) in [5.74, 6) is -0.237. The average molecular weight is 263 g/mol. The van der Waals surface area contributed by atoms with Crippen molar-refractivity contribution in [1.82, 2.24) is 4.98 Å². The van der Waals surface area contributed by atoms with Crippen molar-refractivity contribution in [3.05, 3.63) is 35.6 Å². The van der Waals surface area contributed by atoms with Crippen molar-refractivity contribution in [2.45, 2.75) is 32.2 Å². The standard InChI is InChI=1S/C15H18FNS/c1-15(2,3)9-10-8-13(18-4)17-14-11(10)6-5-7-12(14)16/h5-8H,9H2,1-4H3. The summed E-state index contributed by atoms with van der Waals surface area (Å²) in [5, 5.41) is 1.81. The van der Waals surface area contributed by atoms with Gasteiger partial charge in [-0.1, -0.05) is 32.9 Å². The lowest BCUT2D eigenvalue weighted by Gasteiger charge is -2.20. The lowest BCUT2D eigenvalue weighted by atomic mass is 9.87. The molecule has 0 spiro atoms. The third-order valence-electron chi connectivity index (χ3n) is 2.78. The molecule has 1 aromatic heterocycles. The predicted molar refractivity (Wildman–Crippen MR) is 76.6 cm³/mol. The summed E-state index contributed by atoms with van der Waals surface area (Å²) in [6.45, 7) is 6.58. The Morgan fingerprint density at radius 2 is 2.00 bits per heavy atom. The van der Waals surface area contributed by atoms with Gasteiger partial charge in [-0.15, -0.1) is 11.8 Å². The zero-order valence-electron chi connectivity index (χ0n) is 11.2. The fourth-order valence-corrected chi connectivity index (χ4v) is 2.52. The van der Waals surface area contributed by atoms with E-state index in [0.717, 1.165) is 16.8 Å². The van der Waals surface area contributed by atoms with Crippen LogP contribution in [-0.4, -0.2) is 11.2 Å². The second kappa shape index (κ2) is 4.88. The minimum Gasteiger partial charge on any atom is -0.238 e. The maximum Gasteiger partial charge on any atom is 0.149 e. The van der Waals surface area contributed by atoms with E-state index in [0.29, 0.717) is 5.52 Å². The number of para-hydroxylation sites is 1. The Hall–Kier alpha value is -1.09. The van der Waals surface area contributed by atoms with Crippen LogP contribution in [-0.2, 0) is 6.42 Å². The van der Waals surface area contributed by atoms with E-state index in [4.69, 9.17) is 0 Å². The summed E-state index contributed by atoms with van der Waals surface area (Å²) in [4.78, 5) is 4.37. The highest BCUT2D eigenvalue weighted by atomic mass is 32.2. The summed E-state index contributed by atoms with van der Waals surface area (Å²) < 4.78 is 13.8. The van der Waals surface area contributed by atoms with Crippen LogP contribution >= 0.6 is 11.8 Å². The number of pyridine rings is 1. The van der Waals surface area contributed by atoms with Crippen LogP contribution < -0.4 is 0 Å². The molecular formula is C15H18FNS. The molecule has 96 valence electrons. The Kier molecular flexibility index (Phi) is 3.62. The van der Waals surface area contributed by atoms with E-state index in [2.05, 4.69) is 31.8 Å². The number of thioether (sulfide) groups is 1. The Morgan fingerprint density at radius 1 is 1.28 bits per heavy atom. The highest BCUT2D eigenvalue weighted by molar-refractivity contribution is 7.98. The molecule has 3 heteroatoms. The summed E-state index contributed by atoms with van der Waals surface area (Å²) in [7, 11) is 0. The van der Waals surface area contributed by atoms with Gasteiger partial charge in [0.1, 0.15) is 11.3 Å². The molecule has 0 bridgehead atoms. The van der Waals surface area contributed by atoms with E-state index in [1.807, 2.05) is 12.3 Å². The van der Waals surface area contributed by atoms with Crippen LogP contribution in [0.5, 0.6) is 0 Å². The summed E-state index contributed by atoms with van der Waals surface area (Å²) in [6, 6.07) is 7.26. The van der Waals surface area contributed by atoms with E-state index < -0.39 is 0 Å². The van der Waals surface area contributed by atoms with Crippen molar-refractivity contribution in [1.29, 1.82) is 0 Å². The molecule has 18 heavy (non-hydrogen) atoms. The zero-order chi connectivity index (χ0) is 13.3. The van der Waals surface area contributed by atoms with Gasteiger partial charge in [-0.25, -0.2) is 9.37 Å². The molecule has 0 radical (unpaired) electrons. The Morgan fingerprint density at radius 3 is 2.61 bits per heavy atom. The van der Waals surface area contributed by atoms with Gasteiger partial charge in [0.2, 0.25) is 0 Å². The van der Waals surface area contributed by atoms with Crippen LogP contribution in [0.4, 0.5) is 4.39 Å². The second-order valence-corrected chi connectivity index (χ2v) is 6.52. The minimum absolute atomic E-state index is 0.177. The molecule has 1 aromatic carbocycles. The normalized spacial score (nSPS) is 12.1. The molecule has 2 rings (SSSR count). The van der Waals surface area contributed by atoms with Crippen LogP contribution in [0.15, 0.2) is 29.3 Å². The molecule has 0 aliphatic rings. The quantitative estimate of drug-likeness (QED) is 0.729. The first-order valence-corrected chi connectivity index (χ1v) is 7.25. The van der Waals surface area contributed by atoms with Gasteiger partial charge in [-0.3, -0.25) is 0 Å². The minimum atomic E-state index is -0.237. The number of halogens is 1. The molecule has 0 unspecified atom stereocenters. The van der Waals surface area contributed by atoms with Gasteiger partial charge in [-0.2, -0.15) is 0 Å². The van der Waals surface area contributed by atoms with Gasteiger partial charge in [0, 0.05) is 5.39 Å². The molecule has 0 N–H and O–H groups in total. The number of nitrogens with zero attached hydrogens (tertiary/aromatic N) is 1. The van der Waals surface area contributed by atoms with E-state index in [1.165, 1.54) is 11.6 Å². The topological polar surface area (TPSA) is 12.9 Å². The fourth-order valence-electron chi connectivity index (χ4n) is 2.08. The summed E-state index contributed by atoms with van der Waals surface area (Å²) in [5.41, 5.74) is 1.84. The predicted octanol–water partition coefficient (Wildman–Crippen LogP) is 4.68. The number of rotatable bonds is 2. The van der Waals surface area contributed by atoms with Gasteiger partial charge in [0.25, 0.3) is 0 Å². The van der Waals surface area contributed by atoms with Crippen LogP contribution in [0, 0.1) is 11.2 Å². The molecule has 0 saturated carbocycles. The second-order valence-electron chi connectivity index (χ2n) is 5.70. The highest BCUT2D eigenvalue weighted by Gasteiger charge is 2.16. The first kappa shape index (κ1) is 13.3. The maximum atomic E-state index is 13.8. The van der Waals surface area contributed by atoms with Crippen molar-refractivity contribution in [2.24, 2.45) is 5.41 Å². The average Bonchev–Trinajstić information content (AvgIpc) is 2.28. The Labute approximate surface area is 112 Å². The third kappa shape index (κ3) is 2.83. The van der Waals surface area contributed by atoms with Gasteiger partial charge >= 0.3 is 0 Å². The molecule has 0 aliphatic heterocycles. The van der Waals surface area contributed by atoms with Crippen LogP contribution in [0.3, 0.4) is 0 Å². The lowest BCUT2D eigenvalue weighted by Crippen LogP contribution is -2.10. The first-order valence-electron chi connectivity index (χ1n) is 6.03. The first-order chi connectivity index (χ1) is 8.40. The van der Waals surface area contributed by atoms with Gasteiger partial charge in [-0.05, 0) is 35.8 Å². The maximum absolute atomic E-state index is 13.8. The van der Waals surface area contributed by atoms with E-state index in [1.54, 1.807) is 17.8 Å². The monoisotopic (exact) mass is 263 g/mol. The molecule has 0 saturated heterocycles. The number of hydrogen-bond acceptors (Lipinski definition) is 2. The summed E-state index contributed by atoms with van der Waals surface area (Å²) >= 11 is 1.55. The van der Waals surface area contributed by atoms with Crippen LogP contribution in [0.25, 0.3) is 10.9 Å². The molecule has 2 aromatic rings. The van der Waals surface area contributed by atoms with Gasteiger partial charge < -0.3 is 0 Å². The van der Waals surface area contributed by atoms with Crippen LogP contribution in [0.2, 0.25) is 0 Å². The fraction of sp³-hybridized carbons (Fsp3) is 0.400. The molecule has 0 atom stereocenters. The molecular weight excluding hydrogens is 245 g/mol. The molecule has 0 aliphatic carbocycles. The molecule has 0 fully saturated rings. The van der Waals surface area contributed by atoms with Gasteiger partial charge in [0.15, 0.2) is 0 Å². The number of fused-ring (bicyclic) bond motifs is 1. The van der Waals surface area contributed by atoms with Crippen molar-refractivity contribution in [3.8, 4) is 0 Å². The van der Waals surface area contributed by atoms with Crippen LogP contribution in [0.1, 0.15) is 26.3 Å². The summed E-state index contributed by atoms with van der Waals surface area (Å²) in [6.07, 6.45) is 2.89.